The number of benzene rings is 1. The average molecular weight is 296 g/mol. The van der Waals surface area contributed by atoms with Gasteiger partial charge in [0.15, 0.2) is 0 Å². The molecule has 0 atom stereocenters. The Morgan fingerprint density at radius 1 is 1.25 bits per heavy atom. The molecule has 0 aromatic heterocycles. The maximum Gasteiger partial charge on any atom is 0.247 e. The second-order valence-electron chi connectivity index (χ2n) is 4.21. The fraction of sp³-hybridized carbons (Fsp3) is 0.357. The number of sulfonamides is 1. The SMILES string of the molecule is CC/C(=C\c1ccccc1)C(=O)NCCS(=O)(=O)NC. The average Bonchev–Trinajstić information content (AvgIpc) is 2.45. The van der Waals surface area contributed by atoms with Crippen LogP contribution in [0.25, 0.3) is 6.08 Å². The minimum absolute atomic E-state index is 0.0914. The molecule has 1 amide bonds. The Labute approximate surface area is 120 Å². The summed E-state index contributed by atoms with van der Waals surface area (Å²) in [6.07, 6.45) is 2.39. The molecule has 6 heteroatoms. The van der Waals surface area contributed by atoms with Crippen LogP contribution in [0.3, 0.4) is 0 Å². The van der Waals surface area contributed by atoms with E-state index in [0.29, 0.717) is 12.0 Å². The van der Waals surface area contributed by atoms with E-state index in [2.05, 4.69) is 10.0 Å². The van der Waals surface area contributed by atoms with Crippen molar-refractivity contribution in [1.29, 1.82) is 0 Å². The van der Waals surface area contributed by atoms with E-state index in [-0.39, 0.29) is 18.2 Å². The van der Waals surface area contributed by atoms with Gasteiger partial charge in [-0.25, -0.2) is 13.1 Å². The van der Waals surface area contributed by atoms with Gasteiger partial charge in [0.1, 0.15) is 0 Å². The summed E-state index contributed by atoms with van der Waals surface area (Å²) < 4.78 is 24.7. The first-order valence-corrected chi connectivity index (χ1v) is 8.08. The summed E-state index contributed by atoms with van der Waals surface area (Å²) in [5.74, 6) is -0.361. The first-order valence-electron chi connectivity index (χ1n) is 6.43. The minimum atomic E-state index is -3.29. The van der Waals surface area contributed by atoms with Crippen LogP contribution in [0.15, 0.2) is 35.9 Å². The molecule has 0 saturated heterocycles. The zero-order chi connectivity index (χ0) is 15.0. The maximum absolute atomic E-state index is 12.0. The van der Waals surface area contributed by atoms with E-state index in [1.807, 2.05) is 43.3 Å². The normalized spacial score (nSPS) is 12.2. The van der Waals surface area contributed by atoms with Crippen molar-refractivity contribution in [2.75, 3.05) is 19.3 Å². The molecule has 2 N–H and O–H groups in total. The highest BCUT2D eigenvalue weighted by Crippen LogP contribution is 2.09. The molecule has 5 nitrogen and oxygen atoms in total. The third kappa shape index (κ3) is 5.54. The number of amides is 1. The molecule has 1 rings (SSSR count). The Balaban J connectivity index is 2.63. The van der Waals surface area contributed by atoms with Gasteiger partial charge in [0, 0.05) is 12.1 Å². The van der Waals surface area contributed by atoms with Crippen LogP contribution in [-0.2, 0) is 14.8 Å². The van der Waals surface area contributed by atoms with Gasteiger partial charge in [0.25, 0.3) is 0 Å². The molecule has 110 valence electrons. The van der Waals surface area contributed by atoms with Gasteiger partial charge in [-0.1, -0.05) is 37.3 Å². The quantitative estimate of drug-likeness (QED) is 0.741. The molecule has 1 aromatic carbocycles. The van der Waals surface area contributed by atoms with Gasteiger partial charge in [-0.05, 0) is 25.1 Å². The summed E-state index contributed by atoms with van der Waals surface area (Å²) in [5.41, 5.74) is 1.57. The Morgan fingerprint density at radius 2 is 1.90 bits per heavy atom. The molecule has 0 unspecified atom stereocenters. The van der Waals surface area contributed by atoms with E-state index in [0.717, 1.165) is 5.56 Å². The van der Waals surface area contributed by atoms with E-state index in [1.165, 1.54) is 7.05 Å². The van der Waals surface area contributed by atoms with Crippen LogP contribution in [-0.4, -0.2) is 33.7 Å². The van der Waals surface area contributed by atoms with E-state index in [4.69, 9.17) is 0 Å². The van der Waals surface area contributed by atoms with Gasteiger partial charge < -0.3 is 5.32 Å². The molecule has 1 aromatic rings. The second-order valence-corrected chi connectivity index (χ2v) is 6.26. The van der Waals surface area contributed by atoms with Crippen molar-refractivity contribution < 1.29 is 13.2 Å². The van der Waals surface area contributed by atoms with Crippen molar-refractivity contribution in [1.82, 2.24) is 10.0 Å². The third-order valence-electron chi connectivity index (χ3n) is 2.78. The highest BCUT2D eigenvalue weighted by Gasteiger charge is 2.10. The molecule has 0 heterocycles. The van der Waals surface area contributed by atoms with Gasteiger partial charge in [-0.2, -0.15) is 0 Å². The van der Waals surface area contributed by atoms with Gasteiger partial charge in [-0.15, -0.1) is 0 Å². The first-order chi connectivity index (χ1) is 9.48. The lowest BCUT2D eigenvalue weighted by Crippen LogP contribution is -2.33. The largest absolute Gasteiger partial charge is 0.351 e. The second kappa shape index (κ2) is 7.81. The fourth-order valence-corrected chi connectivity index (χ4v) is 2.17. The predicted octanol–water partition coefficient (Wildman–Crippen LogP) is 1.15. The van der Waals surface area contributed by atoms with E-state index in [9.17, 15) is 13.2 Å². The van der Waals surface area contributed by atoms with E-state index < -0.39 is 10.0 Å². The lowest BCUT2D eigenvalue weighted by molar-refractivity contribution is -0.117. The molecule has 0 bridgehead atoms. The molecule has 0 aliphatic rings. The Kier molecular flexibility index (Phi) is 6.41. The Morgan fingerprint density at radius 3 is 2.45 bits per heavy atom. The topological polar surface area (TPSA) is 75.3 Å². The predicted molar refractivity (Wildman–Crippen MR) is 80.6 cm³/mol. The van der Waals surface area contributed by atoms with E-state index in [1.54, 1.807) is 0 Å². The molecule has 0 aliphatic carbocycles. The van der Waals surface area contributed by atoms with Gasteiger partial charge >= 0.3 is 0 Å². The van der Waals surface area contributed by atoms with E-state index >= 15 is 0 Å². The number of hydrogen-bond acceptors (Lipinski definition) is 3. The maximum atomic E-state index is 12.0. The number of hydrogen-bond donors (Lipinski definition) is 2. The zero-order valence-electron chi connectivity index (χ0n) is 11.7. The lowest BCUT2D eigenvalue weighted by Gasteiger charge is -2.07. The highest BCUT2D eigenvalue weighted by molar-refractivity contribution is 7.89. The van der Waals surface area contributed by atoms with Crippen molar-refractivity contribution in [3.8, 4) is 0 Å². The third-order valence-corrected chi connectivity index (χ3v) is 4.14. The number of rotatable bonds is 7. The number of carbonyl (C=O) groups excluding carboxylic acids is 1. The lowest BCUT2D eigenvalue weighted by atomic mass is 10.1. The smallest absolute Gasteiger partial charge is 0.247 e. The standard InChI is InChI=1S/C14H20N2O3S/c1-3-13(11-12-7-5-4-6-8-12)14(17)16-9-10-20(18,19)15-2/h4-8,11,15H,3,9-10H2,1-2H3,(H,16,17)/b13-11+. The Bertz CT molecular complexity index is 565. The van der Waals surface area contributed by atoms with Crippen LogP contribution in [0, 0.1) is 0 Å². The van der Waals surface area contributed by atoms with Crippen LogP contribution < -0.4 is 10.0 Å². The van der Waals surface area contributed by atoms with Crippen molar-refractivity contribution in [2.24, 2.45) is 0 Å². The molecule has 0 spiro atoms. The summed E-state index contributed by atoms with van der Waals surface area (Å²) in [6, 6.07) is 9.53. The summed E-state index contributed by atoms with van der Waals surface area (Å²) in [4.78, 5) is 12.0. The van der Waals surface area contributed by atoms with Crippen molar-refractivity contribution >= 4 is 22.0 Å². The molecule has 0 radical (unpaired) electrons. The highest BCUT2D eigenvalue weighted by atomic mass is 32.2. The van der Waals surface area contributed by atoms with Gasteiger partial charge in [-0.3, -0.25) is 4.79 Å². The van der Waals surface area contributed by atoms with Crippen LogP contribution in [0.4, 0.5) is 0 Å². The molecule has 0 aliphatic heterocycles. The summed E-state index contributed by atoms with van der Waals surface area (Å²) >= 11 is 0. The van der Waals surface area contributed by atoms with Crippen LogP contribution >= 0.6 is 0 Å². The van der Waals surface area contributed by atoms with Gasteiger partial charge in [0.2, 0.25) is 15.9 Å². The van der Waals surface area contributed by atoms with Crippen molar-refractivity contribution in [3.63, 3.8) is 0 Å². The molecular formula is C14H20N2O3S. The minimum Gasteiger partial charge on any atom is -0.351 e. The number of nitrogens with one attached hydrogen (secondary N) is 2. The molecule has 20 heavy (non-hydrogen) atoms. The van der Waals surface area contributed by atoms with Crippen LogP contribution in [0.2, 0.25) is 0 Å². The number of carbonyl (C=O) groups is 1. The molecule has 0 fully saturated rings. The van der Waals surface area contributed by atoms with Crippen molar-refractivity contribution in [2.45, 2.75) is 13.3 Å². The van der Waals surface area contributed by atoms with Crippen molar-refractivity contribution in [3.05, 3.63) is 41.5 Å². The fourth-order valence-electron chi connectivity index (χ4n) is 1.59. The van der Waals surface area contributed by atoms with Gasteiger partial charge in [0.05, 0.1) is 5.75 Å². The Hall–Kier alpha value is -1.66. The molecule has 0 saturated carbocycles. The summed E-state index contributed by atoms with van der Waals surface area (Å²) in [6.45, 7) is 1.98. The monoisotopic (exact) mass is 296 g/mol. The zero-order valence-corrected chi connectivity index (χ0v) is 12.5. The van der Waals surface area contributed by atoms with Crippen LogP contribution in [0.1, 0.15) is 18.9 Å². The summed E-state index contributed by atoms with van der Waals surface area (Å²) in [5, 5.41) is 2.62. The summed E-state index contributed by atoms with van der Waals surface area (Å²) in [7, 11) is -1.94. The van der Waals surface area contributed by atoms with Crippen LogP contribution in [0.5, 0.6) is 0 Å². The first kappa shape index (κ1) is 16.4. The molecular weight excluding hydrogens is 276 g/mol.